The van der Waals surface area contributed by atoms with E-state index in [4.69, 9.17) is 25.8 Å². The first kappa shape index (κ1) is 16.4. The van der Waals surface area contributed by atoms with Gasteiger partial charge in [-0.2, -0.15) is 0 Å². The molecule has 3 aromatic rings. The van der Waals surface area contributed by atoms with Gasteiger partial charge in [-0.25, -0.2) is 0 Å². The maximum absolute atomic E-state index is 5.97. The molecule has 4 nitrogen and oxygen atoms in total. The van der Waals surface area contributed by atoms with Gasteiger partial charge in [-0.05, 0) is 35.7 Å². The highest BCUT2D eigenvalue weighted by Crippen LogP contribution is 2.44. The Bertz CT molecular complexity index is 863. The van der Waals surface area contributed by atoms with Crippen LogP contribution in [0.5, 0.6) is 17.2 Å². The molecule has 0 aliphatic heterocycles. The molecule has 24 heavy (non-hydrogen) atoms. The maximum Gasteiger partial charge on any atom is 0.203 e. The Morgan fingerprint density at radius 3 is 2.25 bits per heavy atom. The number of hydrogen-bond donors (Lipinski definition) is 0. The van der Waals surface area contributed by atoms with Gasteiger partial charge in [0.1, 0.15) is 0 Å². The van der Waals surface area contributed by atoms with Crippen molar-refractivity contribution in [2.45, 2.75) is 6.42 Å². The molecular weight excluding hydrogens is 326 g/mol. The van der Waals surface area contributed by atoms with Crippen LogP contribution in [0.1, 0.15) is 11.1 Å². The van der Waals surface area contributed by atoms with Gasteiger partial charge in [0.2, 0.25) is 5.75 Å². The molecule has 0 amide bonds. The zero-order chi connectivity index (χ0) is 17.1. The van der Waals surface area contributed by atoms with Crippen molar-refractivity contribution in [2.24, 2.45) is 0 Å². The van der Waals surface area contributed by atoms with Crippen molar-refractivity contribution in [3.63, 3.8) is 0 Å². The Morgan fingerprint density at radius 2 is 1.62 bits per heavy atom. The average Bonchev–Trinajstić information content (AvgIpc) is 2.62. The molecule has 0 spiro atoms. The van der Waals surface area contributed by atoms with Crippen molar-refractivity contribution < 1.29 is 14.2 Å². The van der Waals surface area contributed by atoms with Crippen molar-refractivity contribution >= 4 is 22.4 Å². The molecular formula is C19H18ClNO3. The van der Waals surface area contributed by atoms with E-state index in [2.05, 4.69) is 4.98 Å². The topological polar surface area (TPSA) is 40.6 Å². The highest BCUT2D eigenvalue weighted by Gasteiger charge is 2.18. The maximum atomic E-state index is 5.97. The van der Waals surface area contributed by atoms with Crippen LogP contribution in [0.25, 0.3) is 10.8 Å². The van der Waals surface area contributed by atoms with Crippen LogP contribution in [-0.2, 0) is 6.42 Å². The van der Waals surface area contributed by atoms with Crippen LogP contribution >= 0.6 is 11.6 Å². The lowest BCUT2D eigenvalue weighted by Crippen LogP contribution is -1.99. The smallest absolute Gasteiger partial charge is 0.203 e. The van der Waals surface area contributed by atoms with Gasteiger partial charge >= 0.3 is 0 Å². The summed E-state index contributed by atoms with van der Waals surface area (Å²) in [6.07, 6.45) is 4.36. The molecule has 0 bridgehead atoms. The molecule has 0 fully saturated rings. The molecule has 5 heteroatoms. The molecule has 3 rings (SSSR count). The van der Waals surface area contributed by atoms with Gasteiger partial charge in [-0.1, -0.05) is 23.7 Å². The summed E-state index contributed by atoms with van der Waals surface area (Å²) in [6.45, 7) is 0. The lowest BCUT2D eigenvalue weighted by Gasteiger charge is -2.16. The Labute approximate surface area is 145 Å². The van der Waals surface area contributed by atoms with Crippen molar-refractivity contribution in [3.05, 3.63) is 58.9 Å². The molecule has 0 atom stereocenters. The summed E-state index contributed by atoms with van der Waals surface area (Å²) in [5.41, 5.74) is 2.19. The molecule has 2 aromatic carbocycles. The van der Waals surface area contributed by atoms with Gasteiger partial charge < -0.3 is 14.2 Å². The zero-order valence-electron chi connectivity index (χ0n) is 13.8. The second-order valence-electron chi connectivity index (χ2n) is 5.35. The number of aromatic nitrogens is 1. The quantitative estimate of drug-likeness (QED) is 0.683. The van der Waals surface area contributed by atoms with E-state index in [0.29, 0.717) is 23.7 Å². The van der Waals surface area contributed by atoms with Crippen molar-refractivity contribution in [3.8, 4) is 17.2 Å². The average molecular weight is 344 g/mol. The fourth-order valence-corrected chi connectivity index (χ4v) is 2.96. The Hall–Kier alpha value is -2.46. The highest BCUT2D eigenvalue weighted by molar-refractivity contribution is 6.30. The summed E-state index contributed by atoms with van der Waals surface area (Å²) in [5.74, 6) is 1.85. The molecule has 0 aliphatic carbocycles. The molecule has 1 aromatic heterocycles. The summed E-state index contributed by atoms with van der Waals surface area (Å²) in [5, 5.41) is 2.63. The minimum absolute atomic E-state index is 0.580. The molecule has 0 saturated carbocycles. The van der Waals surface area contributed by atoms with Crippen LogP contribution in [0.2, 0.25) is 5.02 Å². The van der Waals surface area contributed by atoms with E-state index in [-0.39, 0.29) is 0 Å². The van der Waals surface area contributed by atoms with Crippen LogP contribution in [0.4, 0.5) is 0 Å². The largest absolute Gasteiger partial charge is 0.493 e. The highest BCUT2D eigenvalue weighted by atomic mass is 35.5. The summed E-state index contributed by atoms with van der Waals surface area (Å²) in [7, 11) is 4.84. The summed E-state index contributed by atoms with van der Waals surface area (Å²) < 4.78 is 16.5. The number of ether oxygens (including phenoxy) is 3. The van der Waals surface area contributed by atoms with Crippen LogP contribution in [0, 0.1) is 0 Å². The predicted octanol–water partition coefficient (Wildman–Crippen LogP) is 4.50. The van der Waals surface area contributed by atoms with Gasteiger partial charge in [0, 0.05) is 28.2 Å². The second-order valence-corrected chi connectivity index (χ2v) is 5.78. The lowest BCUT2D eigenvalue weighted by atomic mass is 9.99. The Kier molecular flexibility index (Phi) is 4.76. The van der Waals surface area contributed by atoms with E-state index in [1.807, 2.05) is 36.5 Å². The second kappa shape index (κ2) is 6.97. The number of halogens is 1. The molecule has 0 aliphatic rings. The Morgan fingerprint density at radius 1 is 0.917 bits per heavy atom. The van der Waals surface area contributed by atoms with Crippen molar-refractivity contribution in [2.75, 3.05) is 21.3 Å². The van der Waals surface area contributed by atoms with Crippen LogP contribution in [0.15, 0.2) is 42.7 Å². The number of pyridine rings is 1. The fourth-order valence-electron chi connectivity index (χ4n) is 2.84. The summed E-state index contributed by atoms with van der Waals surface area (Å²) in [4.78, 5) is 4.35. The molecule has 0 unspecified atom stereocenters. The number of benzene rings is 2. The molecule has 0 radical (unpaired) electrons. The first-order valence-electron chi connectivity index (χ1n) is 7.48. The third kappa shape index (κ3) is 2.97. The first-order valence-corrected chi connectivity index (χ1v) is 7.85. The van der Waals surface area contributed by atoms with E-state index in [1.54, 1.807) is 27.5 Å². The SMILES string of the molecule is COc1cc2cncc(Cc3ccc(Cl)cc3)c2c(OC)c1OC. The third-order valence-corrected chi connectivity index (χ3v) is 4.19. The van der Waals surface area contributed by atoms with Gasteiger partial charge in [0.05, 0.1) is 21.3 Å². The van der Waals surface area contributed by atoms with Crippen LogP contribution in [-0.4, -0.2) is 26.3 Å². The standard InChI is InChI=1S/C19H18ClNO3/c1-22-16-9-14-11-21-10-13(8-12-4-6-15(20)7-5-12)17(14)19(24-3)18(16)23-2/h4-7,9-11H,8H2,1-3H3. The van der Waals surface area contributed by atoms with Gasteiger partial charge in [-0.15, -0.1) is 0 Å². The van der Waals surface area contributed by atoms with Crippen molar-refractivity contribution in [1.29, 1.82) is 0 Å². The number of rotatable bonds is 5. The number of fused-ring (bicyclic) bond motifs is 1. The van der Waals surface area contributed by atoms with Crippen LogP contribution < -0.4 is 14.2 Å². The van der Waals surface area contributed by atoms with E-state index in [1.165, 1.54) is 0 Å². The normalized spacial score (nSPS) is 10.7. The molecule has 0 N–H and O–H groups in total. The van der Waals surface area contributed by atoms with Crippen molar-refractivity contribution in [1.82, 2.24) is 4.98 Å². The van der Waals surface area contributed by atoms with E-state index >= 15 is 0 Å². The zero-order valence-corrected chi connectivity index (χ0v) is 14.6. The number of nitrogens with zero attached hydrogens (tertiary/aromatic N) is 1. The minimum atomic E-state index is 0.580. The number of methoxy groups -OCH3 is 3. The minimum Gasteiger partial charge on any atom is -0.493 e. The third-order valence-electron chi connectivity index (χ3n) is 3.93. The monoisotopic (exact) mass is 343 g/mol. The Balaban J connectivity index is 2.19. The van der Waals surface area contributed by atoms with E-state index in [9.17, 15) is 0 Å². The lowest BCUT2D eigenvalue weighted by molar-refractivity contribution is 0.327. The van der Waals surface area contributed by atoms with Crippen LogP contribution in [0.3, 0.4) is 0 Å². The molecule has 0 saturated heterocycles. The summed E-state index contributed by atoms with van der Waals surface area (Å²) in [6, 6.07) is 9.70. The predicted molar refractivity (Wildman–Crippen MR) is 95.7 cm³/mol. The summed E-state index contributed by atoms with van der Waals surface area (Å²) >= 11 is 5.97. The van der Waals surface area contributed by atoms with Gasteiger partial charge in [-0.3, -0.25) is 4.98 Å². The van der Waals surface area contributed by atoms with Gasteiger partial charge in [0.15, 0.2) is 11.5 Å². The van der Waals surface area contributed by atoms with E-state index < -0.39 is 0 Å². The molecule has 124 valence electrons. The number of hydrogen-bond acceptors (Lipinski definition) is 4. The van der Waals surface area contributed by atoms with Gasteiger partial charge in [0.25, 0.3) is 0 Å². The van der Waals surface area contributed by atoms with E-state index in [0.717, 1.165) is 26.9 Å². The fraction of sp³-hybridized carbons (Fsp3) is 0.211. The first-order chi connectivity index (χ1) is 11.7. The molecule has 1 heterocycles.